The molecule has 0 spiro atoms. The first-order chi connectivity index (χ1) is 15.3. The first kappa shape index (κ1) is 20.9. The van der Waals surface area contributed by atoms with Crippen LogP contribution in [0, 0.1) is 6.92 Å². The average Bonchev–Trinajstić information content (AvgIpc) is 3.37. The second kappa shape index (κ2) is 7.84. The largest absolute Gasteiger partial charge is 0.320 e. The van der Waals surface area contributed by atoms with Crippen molar-refractivity contribution >= 4 is 61.1 Å². The van der Waals surface area contributed by atoms with E-state index in [0.717, 1.165) is 10.4 Å². The molecule has 0 unspecified atom stereocenters. The zero-order chi connectivity index (χ0) is 22.5. The number of thiazole rings is 1. The molecule has 3 aromatic heterocycles. The highest BCUT2D eigenvalue weighted by molar-refractivity contribution is 7.93. The van der Waals surface area contributed by atoms with Crippen molar-refractivity contribution in [1.82, 2.24) is 20.2 Å². The van der Waals surface area contributed by atoms with Crippen LogP contribution in [0.3, 0.4) is 0 Å². The van der Waals surface area contributed by atoms with Crippen LogP contribution in [-0.4, -0.2) is 39.7 Å². The van der Waals surface area contributed by atoms with Crippen LogP contribution in [0.15, 0.2) is 36.0 Å². The summed E-state index contributed by atoms with van der Waals surface area (Å²) in [6.07, 6.45) is 4.44. The first-order valence-corrected chi connectivity index (χ1v) is 12.5. The second-order valence-electron chi connectivity index (χ2n) is 7.47. The van der Waals surface area contributed by atoms with Gasteiger partial charge in [-0.05, 0) is 43.5 Å². The van der Waals surface area contributed by atoms with E-state index in [2.05, 4.69) is 30.2 Å². The Morgan fingerprint density at radius 1 is 1.19 bits per heavy atom. The summed E-state index contributed by atoms with van der Waals surface area (Å²) in [6.45, 7) is 1.83. The highest BCUT2D eigenvalue weighted by Gasteiger charge is 2.36. The van der Waals surface area contributed by atoms with Crippen LogP contribution in [0.2, 0.25) is 5.15 Å². The number of benzene rings is 1. The van der Waals surface area contributed by atoms with Crippen LogP contribution in [0.25, 0.3) is 22.0 Å². The number of nitrogens with zero attached hydrogens (tertiary/aromatic N) is 3. The molecule has 0 bridgehead atoms. The van der Waals surface area contributed by atoms with Crippen molar-refractivity contribution in [3.63, 3.8) is 0 Å². The number of hydrogen-bond donors (Lipinski definition) is 3. The number of pyridine rings is 1. The Labute approximate surface area is 192 Å². The van der Waals surface area contributed by atoms with Crippen LogP contribution in [0.4, 0.5) is 11.4 Å². The SMILES string of the molecule is Cc1nc(C(=O)Nc2cc(-c3cnc(Cl)c(NS(=O)(=O)C4CC4)c3)cc3[nH]ncc23)cs1. The fourth-order valence-corrected chi connectivity index (χ4v) is 5.45. The standard InChI is InChI=1S/C20H17ClN6O3S2/c1-10-24-18(9-31-10)20(28)25-15-4-11(5-16-14(15)8-23-26-16)12-6-17(19(21)22-7-12)27-32(29,30)13-2-3-13/h4-9,13,27H,2-3H2,1H3,(H,23,26)(H,25,28). The monoisotopic (exact) mass is 488 g/mol. The summed E-state index contributed by atoms with van der Waals surface area (Å²) >= 11 is 7.54. The van der Waals surface area contributed by atoms with Crippen molar-refractivity contribution in [2.24, 2.45) is 0 Å². The maximum absolute atomic E-state index is 12.7. The first-order valence-electron chi connectivity index (χ1n) is 9.68. The molecule has 0 atom stereocenters. The summed E-state index contributed by atoms with van der Waals surface area (Å²) in [5.74, 6) is -0.332. The summed E-state index contributed by atoms with van der Waals surface area (Å²) in [4.78, 5) is 21.0. The topological polar surface area (TPSA) is 130 Å². The van der Waals surface area contributed by atoms with E-state index >= 15 is 0 Å². The van der Waals surface area contributed by atoms with E-state index < -0.39 is 10.0 Å². The fraction of sp³-hybridized carbons (Fsp3) is 0.200. The number of halogens is 1. The van der Waals surface area contributed by atoms with Gasteiger partial charge in [-0.2, -0.15) is 5.10 Å². The van der Waals surface area contributed by atoms with E-state index in [-0.39, 0.29) is 22.0 Å². The van der Waals surface area contributed by atoms with Crippen LogP contribution in [0.5, 0.6) is 0 Å². The van der Waals surface area contributed by atoms with Gasteiger partial charge in [0, 0.05) is 22.5 Å². The maximum Gasteiger partial charge on any atom is 0.275 e. The zero-order valence-electron chi connectivity index (χ0n) is 16.7. The lowest BCUT2D eigenvalue weighted by Crippen LogP contribution is -2.17. The Balaban J connectivity index is 1.52. The lowest BCUT2D eigenvalue weighted by Gasteiger charge is -2.12. The van der Waals surface area contributed by atoms with Crippen LogP contribution in [0.1, 0.15) is 28.3 Å². The fourth-order valence-electron chi connectivity index (χ4n) is 3.27. The molecule has 0 aliphatic heterocycles. The van der Waals surface area contributed by atoms with Gasteiger partial charge >= 0.3 is 0 Å². The minimum atomic E-state index is -3.49. The van der Waals surface area contributed by atoms with Gasteiger partial charge in [0.1, 0.15) is 5.69 Å². The number of anilines is 2. The van der Waals surface area contributed by atoms with Gasteiger partial charge in [-0.25, -0.2) is 18.4 Å². The highest BCUT2D eigenvalue weighted by Crippen LogP contribution is 2.35. The number of aromatic amines is 1. The predicted octanol–water partition coefficient (Wildman–Crippen LogP) is 4.20. The number of fused-ring (bicyclic) bond motifs is 1. The minimum absolute atomic E-state index is 0.0630. The molecule has 3 N–H and O–H groups in total. The third-order valence-electron chi connectivity index (χ3n) is 5.05. The number of carbonyl (C=O) groups is 1. The third-order valence-corrected chi connectivity index (χ3v) is 7.97. The van der Waals surface area contributed by atoms with E-state index in [1.54, 1.807) is 29.9 Å². The van der Waals surface area contributed by atoms with Crippen molar-refractivity contribution in [1.29, 1.82) is 0 Å². The lowest BCUT2D eigenvalue weighted by atomic mass is 10.0. The Hall–Kier alpha value is -3.02. The number of H-pyrrole nitrogens is 1. The summed E-state index contributed by atoms with van der Waals surface area (Å²) in [5.41, 5.74) is 3.10. The number of amides is 1. The van der Waals surface area contributed by atoms with Crippen molar-refractivity contribution in [2.45, 2.75) is 25.0 Å². The minimum Gasteiger partial charge on any atom is -0.320 e. The van der Waals surface area contributed by atoms with Gasteiger partial charge < -0.3 is 5.32 Å². The van der Waals surface area contributed by atoms with Crippen LogP contribution >= 0.6 is 22.9 Å². The summed E-state index contributed by atoms with van der Waals surface area (Å²) in [6, 6.07) is 5.25. The number of aryl methyl sites for hydroxylation is 1. The molecule has 0 radical (unpaired) electrons. The number of sulfonamides is 1. The van der Waals surface area contributed by atoms with E-state index in [4.69, 9.17) is 11.6 Å². The molecule has 1 saturated carbocycles. The molecular formula is C20H17ClN6O3S2. The molecule has 32 heavy (non-hydrogen) atoms. The van der Waals surface area contributed by atoms with Crippen LogP contribution in [-0.2, 0) is 10.0 Å². The van der Waals surface area contributed by atoms with E-state index in [1.807, 2.05) is 13.0 Å². The predicted molar refractivity (Wildman–Crippen MR) is 125 cm³/mol. The average molecular weight is 489 g/mol. The van der Waals surface area contributed by atoms with Gasteiger partial charge in [-0.1, -0.05) is 11.6 Å². The molecule has 164 valence electrons. The van der Waals surface area contributed by atoms with Crippen molar-refractivity contribution < 1.29 is 13.2 Å². The lowest BCUT2D eigenvalue weighted by molar-refractivity contribution is 0.102. The Morgan fingerprint density at radius 2 is 1.97 bits per heavy atom. The summed E-state index contributed by atoms with van der Waals surface area (Å²) in [7, 11) is -3.49. The number of rotatable bonds is 6. The molecule has 12 heteroatoms. The normalized spacial score (nSPS) is 13.9. The summed E-state index contributed by atoms with van der Waals surface area (Å²) < 4.78 is 27.2. The zero-order valence-corrected chi connectivity index (χ0v) is 19.1. The Kier molecular flexibility index (Phi) is 5.11. The molecule has 1 fully saturated rings. The molecule has 3 heterocycles. The Morgan fingerprint density at radius 3 is 2.69 bits per heavy atom. The second-order valence-corrected chi connectivity index (χ2v) is 10.9. The van der Waals surface area contributed by atoms with Crippen molar-refractivity contribution in [3.8, 4) is 11.1 Å². The molecular weight excluding hydrogens is 472 g/mol. The molecule has 4 aromatic rings. The van der Waals surface area contributed by atoms with E-state index in [0.29, 0.717) is 40.9 Å². The quantitative estimate of drug-likeness (QED) is 0.349. The number of carbonyl (C=O) groups excluding carboxylic acids is 1. The molecule has 1 amide bonds. The smallest absolute Gasteiger partial charge is 0.275 e. The van der Waals surface area contributed by atoms with Gasteiger partial charge in [0.25, 0.3) is 5.91 Å². The van der Waals surface area contributed by atoms with Crippen molar-refractivity contribution in [2.75, 3.05) is 10.0 Å². The van der Waals surface area contributed by atoms with Crippen molar-refractivity contribution in [3.05, 3.63) is 51.8 Å². The van der Waals surface area contributed by atoms with Gasteiger partial charge in [-0.15, -0.1) is 11.3 Å². The highest BCUT2D eigenvalue weighted by atomic mass is 35.5. The molecule has 1 aliphatic rings. The van der Waals surface area contributed by atoms with E-state index in [1.165, 1.54) is 11.3 Å². The molecule has 9 nitrogen and oxygen atoms in total. The number of nitrogens with one attached hydrogen (secondary N) is 3. The van der Waals surface area contributed by atoms with E-state index in [9.17, 15) is 13.2 Å². The van der Waals surface area contributed by atoms with Gasteiger partial charge in [0.2, 0.25) is 10.0 Å². The molecule has 0 saturated heterocycles. The third kappa shape index (κ3) is 4.06. The van der Waals surface area contributed by atoms with Crippen LogP contribution < -0.4 is 10.0 Å². The number of hydrogen-bond acceptors (Lipinski definition) is 7. The van der Waals surface area contributed by atoms with Gasteiger partial charge in [-0.3, -0.25) is 14.6 Å². The summed E-state index contributed by atoms with van der Waals surface area (Å²) in [5, 5.41) is 12.8. The molecule has 5 rings (SSSR count). The van der Waals surface area contributed by atoms with Gasteiger partial charge in [0.15, 0.2) is 5.15 Å². The molecule has 1 aromatic carbocycles. The Bertz CT molecular complexity index is 1460. The molecule has 1 aliphatic carbocycles. The van der Waals surface area contributed by atoms with Gasteiger partial charge in [0.05, 0.1) is 33.3 Å². The maximum atomic E-state index is 12.7. The number of aromatic nitrogens is 4.